The van der Waals surface area contributed by atoms with Crippen LogP contribution in [-0.2, 0) is 10.0 Å². The summed E-state index contributed by atoms with van der Waals surface area (Å²) in [6.07, 6.45) is 1.50. The van der Waals surface area contributed by atoms with Gasteiger partial charge in [-0.15, -0.1) is 0 Å². The van der Waals surface area contributed by atoms with Crippen LogP contribution in [0.25, 0.3) is 10.9 Å². The van der Waals surface area contributed by atoms with Crippen LogP contribution in [-0.4, -0.2) is 18.3 Å². The molecule has 0 amide bonds. The van der Waals surface area contributed by atoms with Gasteiger partial charge in [-0.25, -0.2) is 8.42 Å². The van der Waals surface area contributed by atoms with Gasteiger partial charge in [0.15, 0.2) is 4.90 Å². The number of nitrogens with zero attached hydrogens (tertiary/aromatic N) is 2. The lowest BCUT2D eigenvalue weighted by atomic mass is 10.2. The van der Waals surface area contributed by atoms with Gasteiger partial charge in [-0.05, 0) is 30.3 Å². The van der Waals surface area contributed by atoms with Crippen LogP contribution in [0.1, 0.15) is 0 Å². The predicted molar refractivity (Wildman–Crippen MR) is 90.7 cm³/mol. The second-order valence-electron chi connectivity index (χ2n) is 4.82. The molecule has 24 heavy (non-hydrogen) atoms. The molecule has 9 heteroatoms. The summed E-state index contributed by atoms with van der Waals surface area (Å²) in [5.74, 6) is 0. The summed E-state index contributed by atoms with van der Waals surface area (Å²) in [6.45, 7) is 0. The van der Waals surface area contributed by atoms with Gasteiger partial charge < -0.3 is 0 Å². The van der Waals surface area contributed by atoms with Crippen molar-refractivity contribution in [2.45, 2.75) is 4.90 Å². The number of halogens is 1. The first-order valence-corrected chi connectivity index (χ1v) is 8.56. The molecule has 0 aliphatic heterocycles. The summed E-state index contributed by atoms with van der Waals surface area (Å²) < 4.78 is 27.5. The maximum Gasteiger partial charge on any atom is 0.289 e. The molecule has 0 aliphatic rings. The molecule has 0 unspecified atom stereocenters. The highest BCUT2D eigenvalue weighted by Gasteiger charge is 2.25. The number of nitro benzene ring substituents is 1. The second-order valence-corrected chi connectivity index (χ2v) is 6.88. The molecule has 1 aromatic heterocycles. The van der Waals surface area contributed by atoms with Gasteiger partial charge in [0.25, 0.3) is 15.7 Å². The lowest BCUT2D eigenvalue weighted by molar-refractivity contribution is -0.387. The monoisotopic (exact) mass is 363 g/mol. The third kappa shape index (κ3) is 2.89. The minimum atomic E-state index is -4.17. The van der Waals surface area contributed by atoms with E-state index in [9.17, 15) is 18.5 Å². The normalized spacial score (nSPS) is 11.4. The fourth-order valence-electron chi connectivity index (χ4n) is 2.26. The van der Waals surface area contributed by atoms with Crippen LogP contribution in [0.2, 0.25) is 5.02 Å². The summed E-state index contributed by atoms with van der Waals surface area (Å²) in [7, 11) is -4.17. The van der Waals surface area contributed by atoms with E-state index < -0.39 is 25.5 Å². The molecule has 1 N–H and O–H groups in total. The van der Waals surface area contributed by atoms with E-state index in [1.54, 1.807) is 12.1 Å². The van der Waals surface area contributed by atoms with Crippen LogP contribution in [0.4, 0.5) is 11.4 Å². The molecule has 2 aromatic carbocycles. The van der Waals surface area contributed by atoms with Crippen LogP contribution in [0, 0.1) is 10.1 Å². The molecule has 3 aromatic rings. The fourth-order valence-corrected chi connectivity index (χ4v) is 3.71. The molecule has 0 atom stereocenters. The van der Waals surface area contributed by atoms with Crippen molar-refractivity contribution < 1.29 is 13.3 Å². The molecule has 1 heterocycles. The summed E-state index contributed by atoms with van der Waals surface area (Å²) in [5.41, 5.74) is 0.0385. The maximum absolute atomic E-state index is 12.6. The first-order chi connectivity index (χ1) is 11.4. The summed E-state index contributed by atoms with van der Waals surface area (Å²) in [6, 6.07) is 11.5. The minimum Gasteiger partial charge on any atom is -0.277 e. The average Bonchev–Trinajstić information content (AvgIpc) is 2.57. The SMILES string of the molecule is O=[N+]([O-])c1ccccc1S(=O)(=O)Nc1ccc(Cl)c2cccnc12. The number of benzene rings is 2. The van der Waals surface area contributed by atoms with Crippen molar-refractivity contribution in [1.29, 1.82) is 0 Å². The van der Waals surface area contributed by atoms with E-state index in [2.05, 4.69) is 9.71 Å². The van der Waals surface area contributed by atoms with Crippen molar-refractivity contribution >= 4 is 43.9 Å². The standard InChI is InChI=1S/C15H10ClN3O4S/c16-11-7-8-12(15-10(11)4-3-9-17-15)18-24(22,23)14-6-2-1-5-13(14)19(20)21/h1-9,18H. The van der Waals surface area contributed by atoms with Gasteiger partial charge in [0.2, 0.25) is 0 Å². The number of hydrogen-bond donors (Lipinski definition) is 1. The number of nitrogens with one attached hydrogen (secondary N) is 1. The molecule has 0 spiro atoms. The first-order valence-electron chi connectivity index (χ1n) is 6.69. The third-order valence-corrected chi connectivity index (χ3v) is 5.05. The molecular formula is C15H10ClN3O4S. The third-order valence-electron chi connectivity index (χ3n) is 3.31. The number of rotatable bonds is 4. The number of fused-ring (bicyclic) bond motifs is 1. The number of nitro groups is 1. The van der Waals surface area contributed by atoms with E-state index in [-0.39, 0.29) is 5.69 Å². The van der Waals surface area contributed by atoms with Crippen molar-refractivity contribution in [2.24, 2.45) is 0 Å². The number of anilines is 1. The van der Waals surface area contributed by atoms with Crippen molar-refractivity contribution in [1.82, 2.24) is 4.98 Å². The number of pyridine rings is 1. The van der Waals surface area contributed by atoms with Crippen molar-refractivity contribution in [2.75, 3.05) is 4.72 Å². The number of para-hydroxylation sites is 1. The number of sulfonamides is 1. The Kier molecular flexibility index (Phi) is 4.08. The van der Waals surface area contributed by atoms with Crippen molar-refractivity contribution in [3.05, 3.63) is 69.9 Å². The topological polar surface area (TPSA) is 102 Å². The summed E-state index contributed by atoms with van der Waals surface area (Å²) in [4.78, 5) is 14.0. The quantitative estimate of drug-likeness (QED) is 0.563. The molecule has 122 valence electrons. The van der Waals surface area contributed by atoms with Gasteiger partial charge in [0, 0.05) is 17.6 Å². The van der Waals surface area contributed by atoms with Gasteiger partial charge in [-0.2, -0.15) is 0 Å². The van der Waals surface area contributed by atoms with Crippen LogP contribution >= 0.6 is 11.6 Å². The molecule has 0 saturated carbocycles. The highest BCUT2D eigenvalue weighted by atomic mass is 35.5. The van der Waals surface area contributed by atoms with Gasteiger partial charge in [-0.1, -0.05) is 23.7 Å². The Labute approximate surface area is 142 Å². The number of aromatic nitrogens is 1. The van der Waals surface area contributed by atoms with Crippen molar-refractivity contribution in [3.63, 3.8) is 0 Å². The van der Waals surface area contributed by atoms with Crippen LogP contribution in [0.15, 0.2) is 59.6 Å². The van der Waals surface area contributed by atoms with Gasteiger partial charge in [0.1, 0.15) is 0 Å². The fraction of sp³-hybridized carbons (Fsp3) is 0. The van der Waals surface area contributed by atoms with E-state index in [1.165, 1.54) is 36.5 Å². The van der Waals surface area contributed by atoms with E-state index >= 15 is 0 Å². The molecule has 0 aliphatic carbocycles. The van der Waals surface area contributed by atoms with Crippen molar-refractivity contribution in [3.8, 4) is 0 Å². The maximum atomic E-state index is 12.6. The van der Waals surface area contributed by atoms with E-state index in [0.29, 0.717) is 15.9 Å². The van der Waals surface area contributed by atoms with Gasteiger partial charge >= 0.3 is 0 Å². The molecule has 3 rings (SSSR count). The Hall–Kier alpha value is -2.71. The Balaban J connectivity index is 2.12. The van der Waals surface area contributed by atoms with Crippen LogP contribution in [0.3, 0.4) is 0 Å². The average molecular weight is 364 g/mol. The zero-order chi connectivity index (χ0) is 17.3. The smallest absolute Gasteiger partial charge is 0.277 e. The van der Waals surface area contributed by atoms with Gasteiger partial charge in [0.05, 0.1) is 21.2 Å². The largest absolute Gasteiger partial charge is 0.289 e. The highest BCUT2D eigenvalue weighted by Crippen LogP contribution is 2.31. The Morgan fingerprint density at radius 2 is 1.83 bits per heavy atom. The van der Waals surface area contributed by atoms with Crippen LogP contribution < -0.4 is 4.72 Å². The number of hydrogen-bond acceptors (Lipinski definition) is 5. The lowest BCUT2D eigenvalue weighted by Gasteiger charge is -2.11. The molecule has 0 saturated heterocycles. The summed E-state index contributed by atoms with van der Waals surface area (Å²) in [5, 5.41) is 12.1. The molecular weight excluding hydrogens is 354 g/mol. The second kappa shape index (κ2) is 6.06. The Morgan fingerprint density at radius 1 is 1.08 bits per heavy atom. The first kappa shape index (κ1) is 16.2. The highest BCUT2D eigenvalue weighted by molar-refractivity contribution is 7.92. The lowest BCUT2D eigenvalue weighted by Crippen LogP contribution is -2.15. The van der Waals surface area contributed by atoms with E-state index in [1.807, 2.05) is 0 Å². The molecule has 0 bridgehead atoms. The van der Waals surface area contributed by atoms with Gasteiger partial charge in [-0.3, -0.25) is 19.8 Å². The Morgan fingerprint density at radius 3 is 2.58 bits per heavy atom. The van der Waals surface area contributed by atoms with Crippen LogP contribution in [0.5, 0.6) is 0 Å². The summed E-state index contributed by atoms with van der Waals surface area (Å²) >= 11 is 6.08. The molecule has 7 nitrogen and oxygen atoms in total. The van der Waals surface area contributed by atoms with E-state index in [4.69, 9.17) is 11.6 Å². The predicted octanol–water partition coefficient (Wildman–Crippen LogP) is 3.60. The Bertz CT molecular complexity index is 1050. The zero-order valence-electron chi connectivity index (χ0n) is 12.0. The molecule has 0 fully saturated rings. The molecule has 0 radical (unpaired) electrons. The van der Waals surface area contributed by atoms with E-state index in [0.717, 1.165) is 6.07 Å². The zero-order valence-corrected chi connectivity index (χ0v) is 13.6. The minimum absolute atomic E-state index is 0.188.